The summed E-state index contributed by atoms with van der Waals surface area (Å²) in [7, 11) is -20.7. The Bertz CT molecular complexity index is 765. The van der Waals surface area contributed by atoms with E-state index in [1.807, 2.05) is 0 Å². The fourth-order valence-electron chi connectivity index (χ4n) is 2.28. The lowest BCUT2D eigenvalue weighted by Gasteiger charge is -2.28. The lowest BCUT2D eigenvalue weighted by Crippen LogP contribution is -2.52. The molecule has 0 aliphatic heterocycles. The van der Waals surface area contributed by atoms with Crippen LogP contribution in [0.2, 0.25) is 0 Å². The van der Waals surface area contributed by atoms with E-state index in [-0.39, 0.29) is 12.8 Å². The summed E-state index contributed by atoms with van der Waals surface area (Å²) in [6, 6.07) is 0. The van der Waals surface area contributed by atoms with Crippen LogP contribution in [-0.4, -0.2) is 51.6 Å². The Hall–Kier alpha value is -0.640. The van der Waals surface area contributed by atoms with Crippen molar-refractivity contribution in [2.45, 2.75) is 52.0 Å². The number of halogens is 7. The van der Waals surface area contributed by atoms with Crippen molar-refractivity contribution in [3.8, 4) is 0 Å². The van der Waals surface area contributed by atoms with Crippen LogP contribution in [-0.2, 0) is 29.5 Å². The number of sulfone groups is 3. The van der Waals surface area contributed by atoms with Crippen LogP contribution in [0.1, 0.15) is 25.7 Å². The average molecular weight is 444 g/mol. The highest BCUT2D eigenvalue weighted by Crippen LogP contribution is 2.41. The molecule has 0 spiro atoms. The molecule has 0 amide bonds. The Morgan fingerprint density at radius 3 is 1.48 bits per heavy atom. The molecule has 150 valence electrons. The highest BCUT2D eigenvalue weighted by atomic mass is 32.3. The molecule has 1 aliphatic rings. The third-order valence-corrected chi connectivity index (χ3v) is 12.3. The molecule has 1 saturated carbocycles. The third-order valence-electron chi connectivity index (χ3n) is 3.45. The molecule has 0 aromatic rings. The van der Waals surface area contributed by atoms with Crippen LogP contribution in [0, 0.1) is 0 Å². The van der Waals surface area contributed by atoms with E-state index < -0.39 is 68.7 Å². The van der Waals surface area contributed by atoms with E-state index >= 15 is 0 Å². The molecule has 0 aromatic heterocycles. The summed E-state index contributed by atoms with van der Waals surface area (Å²) in [5.74, 6) is 0. The Labute approximate surface area is 138 Å². The summed E-state index contributed by atoms with van der Waals surface area (Å²) in [6.45, 7) is 0. The van der Waals surface area contributed by atoms with Gasteiger partial charge in [-0.15, -0.1) is 0 Å². The molecule has 0 heterocycles. The van der Waals surface area contributed by atoms with E-state index in [4.69, 9.17) is 0 Å². The van der Waals surface area contributed by atoms with Gasteiger partial charge in [0.25, 0.3) is 23.6 Å². The van der Waals surface area contributed by atoms with Crippen LogP contribution in [0.4, 0.5) is 30.7 Å². The van der Waals surface area contributed by atoms with E-state index in [2.05, 4.69) is 0 Å². The van der Waals surface area contributed by atoms with Crippen molar-refractivity contribution in [3.63, 3.8) is 0 Å². The van der Waals surface area contributed by atoms with Crippen molar-refractivity contribution in [1.29, 1.82) is 0 Å². The molecule has 1 rings (SSSR count). The number of rotatable bonds is 4. The van der Waals surface area contributed by atoms with Gasteiger partial charge < -0.3 is 0 Å². The second-order valence-corrected chi connectivity index (χ2v) is 12.5. The van der Waals surface area contributed by atoms with E-state index in [1.165, 1.54) is 0 Å². The Morgan fingerprint density at radius 2 is 1.16 bits per heavy atom. The molecule has 0 bridgehead atoms. The van der Waals surface area contributed by atoms with Gasteiger partial charge in [0.2, 0.25) is 0 Å². The van der Waals surface area contributed by atoms with Crippen molar-refractivity contribution < 1.29 is 56.0 Å². The SMILES string of the molecule is O=S(=O)(C1CCCC(F)C1)C(S(=O)(=O)C(F)(F)F)S(=O)(=O)C(F)(F)F. The smallest absolute Gasteiger partial charge is 0.247 e. The van der Waals surface area contributed by atoms with Crippen LogP contribution in [0.3, 0.4) is 0 Å². The predicted octanol–water partition coefficient (Wildman–Crippen LogP) is 1.83. The van der Waals surface area contributed by atoms with Gasteiger partial charge in [0.05, 0.1) is 5.25 Å². The largest absolute Gasteiger partial charge is 0.499 e. The van der Waals surface area contributed by atoms with Gasteiger partial charge in [-0.2, -0.15) is 26.3 Å². The van der Waals surface area contributed by atoms with Gasteiger partial charge in [0.1, 0.15) is 6.17 Å². The van der Waals surface area contributed by atoms with Crippen LogP contribution < -0.4 is 0 Å². The minimum atomic E-state index is -7.32. The first kappa shape index (κ1) is 22.4. The van der Waals surface area contributed by atoms with Crippen molar-refractivity contribution >= 4 is 29.5 Å². The number of hydrogen-bond donors (Lipinski definition) is 0. The maximum Gasteiger partial charge on any atom is 0.499 e. The molecule has 0 N–H and O–H groups in total. The Morgan fingerprint density at radius 1 is 0.760 bits per heavy atom. The van der Waals surface area contributed by atoms with Crippen molar-refractivity contribution in [2.24, 2.45) is 0 Å². The van der Waals surface area contributed by atoms with E-state index in [9.17, 15) is 56.0 Å². The maximum absolute atomic E-state index is 13.3. The first-order valence-corrected chi connectivity index (χ1v) is 11.0. The molecule has 6 nitrogen and oxygen atoms in total. The second-order valence-electron chi connectivity index (χ2n) is 5.25. The van der Waals surface area contributed by atoms with E-state index in [0.717, 1.165) is 0 Å². The molecule has 0 radical (unpaired) electrons. The fraction of sp³-hybridized carbons (Fsp3) is 1.00. The summed E-state index contributed by atoms with van der Waals surface area (Å²) < 4.78 is 154. The zero-order valence-corrected chi connectivity index (χ0v) is 14.3. The highest BCUT2D eigenvalue weighted by molar-refractivity contribution is 8.24. The van der Waals surface area contributed by atoms with E-state index in [0.29, 0.717) is 0 Å². The quantitative estimate of drug-likeness (QED) is 0.613. The van der Waals surface area contributed by atoms with Crippen LogP contribution in [0.15, 0.2) is 0 Å². The van der Waals surface area contributed by atoms with Crippen LogP contribution in [0.5, 0.6) is 0 Å². The maximum atomic E-state index is 13.3. The average Bonchev–Trinajstić information content (AvgIpc) is 2.34. The van der Waals surface area contributed by atoms with Gasteiger partial charge in [-0.05, 0) is 25.7 Å². The summed E-state index contributed by atoms with van der Waals surface area (Å²) in [6.07, 6.45) is -4.22. The second kappa shape index (κ2) is 6.51. The lowest BCUT2D eigenvalue weighted by molar-refractivity contribution is -0.0462. The first-order valence-electron chi connectivity index (χ1n) is 6.34. The van der Waals surface area contributed by atoms with Crippen LogP contribution >= 0.6 is 0 Å². The summed E-state index contributed by atoms with van der Waals surface area (Å²) in [5.41, 5.74) is -13.2. The van der Waals surface area contributed by atoms with Crippen molar-refractivity contribution in [1.82, 2.24) is 0 Å². The van der Waals surface area contributed by atoms with Gasteiger partial charge in [-0.3, -0.25) is 0 Å². The first-order chi connectivity index (χ1) is 10.9. The minimum absolute atomic E-state index is 0.241. The van der Waals surface area contributed by atoms with Crippen molar-refractivity contribution in [2.75, 3.05) is 0 Å². The zero-order chi connectivity index (χ0) is 20.1. The van der Waals surface area contributed by atoms with Gasteiger partial charge in [0, 0.05) is 0 Å². The standard InChI is InChI=1S/C9H11F7O6S3/c10-5-2-1-3-6(4-5)23(17,18)7(24(19,20)8(11,12)13)25(21,22)9(14,15)16/h5-7H,1-4H2. The van der Waals surface area contributed by atoms with Gasteiger partial charge >= 0.3 is 11.0 Å². The number of hydrogen-bond acceptors (Lipinski definition) is 6. The Kier molecular flexibility index (Phi) is 5.83. The van der Waals surface area contributed by atoms with Gasteiger partial charge in [-0.1, -0.05) is 0 Å². The molecular formula is C9H11F7O6S3. The van der Waals surface area contributed by atoms with Crippen molar-refractivity contribution in [3.05, 3.63) is 0 Å². The highest BCUT2D eigenvalue weighted by Gasteiger charge is 2.68. The molecule has 2 unspecified atom stereocenters. The lowest BCUT2D eigenvalue weighted by atomic mass is 9.98. The van der Waals surface area contributed by atoms with Crippen LogP contribution in [0.25, 0.3) is 0 Å². The monoisotopic (exact) mass is 444 g/mol. The molecule has 0 aromatic carbocycles. The molecule has 2 atom stereocenters. The fourth-order valence-corrected chi connectivity index (χ4v) is 10.4. The molecule has 16 heteroatoms. The summed E-state index contributed by atoms with van der Waals surface area (Å²) in [4.78, 5) is 0. The summed E-state index contributed by atoms with van der Waals surface area (Å²) >= 11 is 0. The topological polar surface area (TPSA) is 102 Å². The normalized spacial score (nSPS) is 24.5. The predicted molar refractivity (Wildman–Crippen MR) is 69.8 cm³/mol. The third kappa shape index (κ3) is 4.04. The molecule has 1 aliphatic carbocycles. The molecular weight excluding hydrogens is 433 g/mol. The summed E-state index contributed by atoms with van der Waals surface area (Å²) in [5, 5.41) is -2.31. The van der Waals surface area contributed by atoms with Gasteiger partial charge in [-0.25, -0.2) is 29.6 Å². The molecule has 1 fully saturated rings. The minimum Gasteiger partial charge on any atom is -0.247 e. The molecule has 25 heavy (non-hydrogen) atoms. The zero-order valence-electron chi connectivity index (χ0n) is 11.9. The number of alkyl halides is 7. The molecule has 0 saturated heterocycles. The van der Waals surface area contributed by atoms with E-state index in [1.54, 1.807) is 0 Å². The Balaban J connectivity index is 3.70. The van der Waals surface area contributed by atoms with Gasteiger partial charge in [0.15, 0.2) is 9.84 Å².